The van der Waals surface area contributed by atoms with Crippen LogP contribution in [0.1, 0.15) is 41.7 Å². The molecule has 2 aromatic rings. The fraction of sp³-hybridized carbons (Fsp3) is 0.500. The average Bonchev–Trinajstić information content (AvgIpc) is 3.11. The third-order valence-electron chi connectivity index (χ3n) is 5.89. The maximum absolute atomic E-state index is 12.0. The Labute approximate surface area is 166 Å². The van der Waals surface area contributed by atoms with Crippen LogP contribution in [-0.4, -0.2) is 48.0 Å². The second-order valence-electron chi connectivity index (χ2n) is 7.63. The van der Waals surface area contributed by atoms with Gasteiger partial charge in [0.05, 0.1) is 10.7 Å². The summed E-state index contributed by atoms with van der Waals surface area (Å²) in [6, 6.07) is 10.1. The number of hydrogen-bond acceptors (Lipinski definition) is 3. The molecule has 0 saturated carbocycles. The first-order valence-electron chi connectivity index (χ1n) is 10.2. The highest BCUT2D eigenvalue weighted by atomic mass is 35.5. The van der Waals surface area contributed by atoms with Crippen molar-refractivity contribution < 1.29 is 4.79 Å². The van der Waals surface area contributed by atoms with Crippen LogP contribution < -0.4 is 4.90 Å². The van der Waals surface area contributed by atoms with Crippen molar-refractivity contribution in [2.75, 3.05) is 37.6 Å². The Bertz CT molecular complexity index is 793. The minimum atomic E-state index is 0.325. The number of fused-ring (bicyclic) bond motifs is 1. The van der Waals surface area contributed by atoms with Crippen LogP contribution >= 0.6 is 11.6 Å². The SMILES string of the molecule is O=C1CCCc2c1ccn2CCCCN1CCN(c2ccccc2Cl)CC1. The number of anilines is 1. The fourth-order valence-electron chi connectivity index (χ4n) is 4.34. The Morgan fingerprint density at radius 2 is 1.70 bits per heavy atom. The quantitative estimate of drug-likeness (QED) is 0.695. The number of carbonyl (C=O) groups is 1. The molecule has 0 N–H and O–H groups in total. The number of rotatable bonds is 6. The molecule has 27 heavy (non-hydrogen) atoms. The van der Waals surface area contributed by atoms with Gasteiger partial charge in [0.1, 0.15) is 0 Å². The van der Waals surface area contributed by atoms with Crippen molar-refractivity contribution in [1.29, 1.82) is 0 Å². The minimum Gasteiger partial charge on any atom is -0.368 e. The van der Waals surface area contributed by atoms with Crippen LogP contribution in [0.5, 0.6) is 0 Å². The first-order valence-corrected chi connectivity index (χ1v) is 10.5. The smallest absolute Gasteiger partial charge is 0.164 e. The molecule has 0 radical (unpaired) electrons. The van der Waals surface area contributed by atoms with Crippen LogP contribution in [0.2, 0.25) is 5.02 Å². The molecule has 2 heterocycles. The average molecular weight is 386 g/mol. The van der Waals surface area contributed by atoms with Crippen LogP contribution in [0.4, 0.5) is 5.69 Å². The summed E-state index contributed by atoms with van der Waals surface area (Å²) in [5, 5.41) is 0.847. The van der Waals surface area contributed by atoms with E-state index in [0.717, 1.165) is 74.8 Å². The number of aryl methyl sites for hydroxylation is 1. The second kappa shape index (κ2) is 8.49. The van der Waals surface area contributed by atoms with E-state index >= 15 is 0 Å². The van der Waals surface area contributed by atoms with E-state index in [-0.39, 0.29) is 0 Å². The Hall–Kier alpha value is -1.78. The molecule has 2 aliphatic rings. The number of unbranched alkanes of at least 4 members (excludes halogenated alkanes) is 1. The van der Waals surface area contributed by atoms with Crippen LogP contribution in [0.15, 0.2) is 36.5 Å². The zero-order valence-corrected chi connectivity index (χ0v) is 16.6. The van der Waals surface area contributed by atoms with Crippen LogP contribution in [0.25, 0.3) is 0 Å². The molecule has 1 saturated heterocycles. The number of carbonyl (C=O) groups excluding carboxylic acids is 1. The topological polar surface area (TPSA) is 28.5 Å². The summed E-state index contributed by atoms with van der Waals surface area (Å²) >= 11 is 6.33. The summed E-state index contributed by atoms with van der Waals surface area (Å²) < 4.78 is 2.31. The number of halogens is 1. The first-order chi connectivity index (χ1) is 13.2. The number of nitrogens with zero attached hydrogens (tertiary/aromatic N) is 3. The highest BCUT2D eigenvalue weighted by Gasteiger charge is 2.21. The number of piperazine rings is 1. The van der Waals surface area contributed by atoms with E-state index < -0.39 is 0 Å². The maximum Gasteiger partial charge on any atom is 0.164 e. The van der Waals surface area contributed by atoms with E-state index in [1.54, 1.807) is 0 Å². The Morgan fingerprint density at radius 3 is 2.52 bits per heavy atom. The van der Waals surface area contributed by atoms with E-state index in [2.05, 4.69) is 32.7 Å². The van der Waals surface area contributed by atoms with Gasteiger partial charge in [-0.15, -0.1) is 0 Å². The summed E-state index contributed by atoms with van der Waals surface area (Å²) in [4.78, 5) is 16.9. The Morgan fingerprint density at radius 1 is 0.926 bits per heavy atom. The molecule has 1 aromatic heterocycles. The predicted octanol–water partition coefficient (Wildman–Crippen LogP) is 4.26. The molecule has 4 rings (SSSR count). The highest BCUT2D eigenvalue weighted by molar-refractivity contribution is 6.33. The molecule has 1 fully saturated rings. The predicted molar refractivity (Wildman–Crippen MR) is 111 cm³/mol. The van der Waals surface area contributed by atoms with E-state index in [0.29, 0.717) is 5.78 Å². The summed E-state index contributed by atoms with van der Waals surface area (Å²) in [5.74, 6) is 0.325. The zero-order chi connectivity index (χ0) is 18.6. The lowest BCUT2D eigenvalue weighted by Gasteiger charge is -2.36. The fourth-order valence-corrected chi connectivity index (χ4v) is 4.59. The van der Waals surface area contributed by atoms with Gasteiger partial charge in [0, 0.05) is 56.6 Å². The largest absolute Gasteiger partial charge is 0.368 e. The first kappa shape index (κ1) is 18.6. The van der Waals surface area contributed by atoms with Gasteiger partial charge in [0.15, 0.2) is 5.78 Å². The molecule has 1 aliphatic heterocycles. The van der Waals surface area contributed by atoms with E-state index in [1.807, 2.05) is 18.2 Å². The van der Waals surface area contributed by atoms with Crippen LogP contribution in [-0.2, 0) is 13.0 Å². The van der Waals surface area contributed by atoms with Crippen molar-refractivity contribution in [1.82, 2.24) is 9.47 Å². The summed E-state index contributed by atoms with van der Waals surface area (Å²) in [5.41, 5.74) is 3.39. The van der Waals surface area contributed by atoms with E-state index in [1.165, 1.54) is 18.5 Å². The van der Waals surface area contributed by atoms with Crippen molar-refractivity contribution in [3.05, 3.63) is 52.8 Å². The minimum absolute atomic E-state index is 0.325. The van der Waals surface area contributed by atoms with Crippen molar-refractivity contribution >= 4 is 23.1 Å². The van der Waals surface area contributed by atoms with Gasteiger partial charge in [-0.25, -0.2) is 0 Å². The Balaban J connectivity index is 1.20. The Kier molecular flexibility index (Phi) is 5.84. The number of benzene rings is 1. The monoisotopic (exact) mass is 385 g/mol. The molecular weight excluding hydrogens is 358 g/mol. The molecule has 0 spiro atoms. The molecular formula is C22H28ClN3O. The van der Waals surface area contributed by atoms with Gasteiger partial charge in [-0.1, -0.05) is 23.7 Å². The van der Waals surface area contributed by atoms with Gasteiger partial charge in [-0.05, 0) is 50.4 Å². The van der Waals surface area contributed by atoms with Crippen molar-refractivity contribution in [2.24, 2.45) is 0 Å². The highest BCUT2D eigenvalue weighted by Crippen LogP contribution is 2.26. The van der Waals surface area contributed by atoms with Crippen LogP contribution in [0.3, 0.4) is 0 Å². The van der Waals surface area contributed by atoms with Crippen molar-refractivity contribution in [3.63, 3.8) is 0 Å². The lowest BCUT2D eigenvalue weighted by Crippen LogP contribution is -2.46. The third kappa shape index (κ3) is 4.22. The molecule has 1 aromatic carbocycles. The summed E-state index contributed by atoms with van der Waals surface area (Å²) in [6.07, 6.45) is 7.25. The van der Waals surface area contributed by atoms with Gasteiger partial charge < -0.3 is 9.47 Å². The summed E-state index contributed by atoms with van der Waals surface area (Å²) in [6.45, 7) is 6.45. The van der Waals surface area contributed by atoms with Crippen molar-refractivity contribution in [2.45, 2.75) is 38.6 Å². The van der Waals surface area contributed by atoms with Gasteiger partial charge in [0.2, 0.25) is 0 Å². The molecule has 0 amide bonds. The number of para-hydroxylation sites is 1. The van der Waals surface area contributed by atoms with Gasteiger partial charge in [0.25, 0.3) is 0 Å². The molecule has 5 heteroatoms. The number of aromatic nitrogens is 1. The van der Waals surface area contributed by atoms with E-state index in [4.69, 9.17) is 11.6 Å². The number of Topliss-reactive ketones (excluding diaryl/α,β-unsaturated/α-hetero) is 1. The molecule has 144 valence electrons. The molecule has 0 atom stereocenters. The maximum atomic E-state index is 12.0. The van der Waals surface area contributed by atoms with E-state index in [9.17, 15) is 4.79 Å². The third-order valence-corrected chi connectivity index (χ3v) is 6.20. The lowest BCUT2D eigenvalue weighted by atomic mass is 9.97. The number of ketones is 1. The van der Waals surface area contributed by atoms with Gasteiger partial charge in [-0.2, -0.15) is 0 Å². The van der Waals surface area contributed by atoms with Crippen molar-refractivity contribution in [3.8, 4) is 0 Å². The standard InChI is InChI=1S/C22H28ClN3O/c23-19-6-1-2-7-21(19)26-16-14-24(15-17-26)11-3-4-12-25-13-10-18-20(25)8-5-9-22(18)27/h1-2,6-7,10,13H,3-5,8-9,11-12,14-17H2. The molecule has 0 unspecified atom stereocenters. The normalized spacial score (nSPS) is 18.0. The van der Waals surface area contributed by atoms with Gasteiger partial charge >= 0.3 is 0 Å². The van der Waals surface area contributed by atoms with Crippen LogP contribution in [0, 0.1) is 0 Å². The number of hydrogen-bond donors (Lipinski definition) is 0. The second-order valence-corrected chi connectivity index (χ2v) is 8.04. The molecule has 4 nitrogen and oxygen atoms in total. The molecule has 0 bridgehead atoms. The molecule has 1 aliphatic carbocycles. The lowest BCUT2D eigenvalue weighted by molar-refractivity contribution is 0.0971. The zero-order valence-electron chi connectivity index (χ0n) is 15.9. The summed E-state index contributed by atoms with van der Waals surface area (Å²) in [7, 11) is 0. The van der Waals surface area contributed by atoms with Gasteiger partial charge in [-0.3, -0.25) is 9.69 Å².